The molecule has 1 N–H and O–H groups in total. The van der Waals surface area contributed by atoms with E-state index in [0.29, 0.717) is 5.56 Å². The lowest BCUT2D eigenvalue weighted by molar-refractivity contribution is 0.0699. The van der Waals surface area contributed by atoms with Gasteiger partial charge in [0.15, 0.2) is 0 Å². The first-order valence-corrected chi connectivity index (χ1v) is 11.1. The standard InChI is InChI=1S/C29H29BO2/c1-17-13-19(3)27(20(4)14-17)30(28-21(5)15-18(2)16-22(28)6)26-12-11-25(29(31)32)23-9-7-8-10-24(23)26/h7-16H,1-6H3,(H,31,32). The van der Waals surface area contributed by atoms with Crippen LogP contribution in [0.4, 0.5) is 0 Å². The van der Waals surface area contributed by atoms with E-state index in [2.05, 4.69) is 71.9 Å². The Bertz CT molecular complexity index is 1260. The van der Waals surface area contributed by atoms with Crippen LogP contribution in [0.15, 0.2) is 60.7 Å². The van der Waals surface area contributed by atoms with Crippen LogP contribution < -0.4 is 16.4 Å². The van der Waals surface area contributed by atoms with Crippen LogP contribution >= 0.6 is 0 Å². The predicted molar refractivity (Wildman–Crippen MR) is 137 cm³/mol. The largest absolute Gasteiger partial charge is 0.478 e. The van der Waals surface area contributed by atoms with Gasteiger partial charge < -0.3 is 5.11 Å². The minimum absolute atomic E-state index is 0.0175. The summed E-state index contributed by atoms with van der Waals surface area (Å²) in [5, 5.41) is 11.6. The van der Waals surface area contributed by atoms with Gasteiger partial charge in [-0.05, 0) is 58.4 Å². The van der Waals surface area contributed by atoms with E-state index < -0.39 is 5.97 Å². The van der Waals surface area contributed by atoms with Crippen molar-refractivity contribution in [2.75, 3.05) is 0 Å². The van der Waals surface area contributed by atoms with Crippen LogP contribution in [0.1, 0.15) is 43.7 Å². The Morgan fingerprint density at radius 2 is 1.09 bits per heavy atom. The summed E-state index contributed by atoms with van der Waals surface area (Å²) in [6.45, 7) is 13.0. The molecule has 0 heterocycles. The molecule has 0 aliphatic carbocycles. The van der Waals surface area contributed by atoms with Crippen LogP contribution in [0.2, 0.25) is 0 Å². The molecule has 4 aromatic rings. The number of benzene rings is 4. The molecule has 0 atom stereocenters. The second kappa shape index (κ2) is 8.31. The Morgan fingerprint density at radius 1 is 0.656 bits per heavy atom. The highest BCUT2D eigenvalue weighted by Crippen LogP contribution is 2.20. The fraction of sp³-hybridized carbons (Fsp3) is 0.207. The van der Waals surface area contributed by atoms with Gasteiger partial charge in [0.05, 0.1) is 5.56 Å². The minimum atomic E-state index is -0.894. The van der Waals surface area contributed by atoms with E-state index in [0.717, 1.165) is 16.2 Å². The third-order valence-corrected chi connectivity index (χ3v) is 6.55. The van der Waals surface area contributed by atoms with Crippen molar-refractivity contribution in [1.29, 1.82) is 0 Å². The highest BCUT2D eigenvalue weighted by Gasteiger charge is 2.30. The fourth-order valence-electron chi connectivity index (χ4n) is 5.51. The summed E-state index contributed by atoms with van der Waals surface area (Å²) in [6.07, 6.45) is 0. The number of carbonyl (C=O) groups is 1. The Labute approximate surface area is 191 Å². The molecule has 0 radical (unpaired) electrons. The SMILES string of the molecule is Cc1cc(C)c(B(c2c(C)cc(C)cc2C)c2ccc(C(=O)O)c3ccccc23)c(C)c1. The van der Waals surface area contributed by atoms with Crippen molar-refractivity contribution in [3.8, 4) is 0 Å². The molecule has 0 unspecified atom stereocenters. The van der Waals surface area contributed by atoms with Gasteiger partial charge in [-0.25, -0.2) is 4.79 Å². The monoisotopic (exact) mass is 420 g/mol. The number of hydrogen-bond donors (Lipinski definition) is 1. The fourth-order valence-corrected chi connectivity index (χ4v) is 5.51. The van der Waals surface area contributed by atoms with E-state index in [-0.39, 0.29) is 6.71 Å². The maximum absolute atomic E-state index is 11.9. The number of hydrogen-bond acceptors (Lipinski definition) is 1. The van der Waals surface area contributed by atoms with Gasteiger partial charge in [-0.3, -0.25) is 0 Å². The Morgan fingerprint density at radius 3 is 1.53 bits per heavy atom. The molecule has 4 rings (SSSR count). The van der Waals surface area contributed by atoms with E-state index in [1.54, 1.807) is 6.07 Å². The lowest BCUT2D eigenvalue weighted by Gasteiger charge is -2.26. The van der Waals surface area contributed by atoms with Gasteiger partial charge >= 0.3 is 5.97 Å². The number of aromatic carboxylic acids is 1. The molecule has 0 fully saturated rings. The van der Waals surface area contributed by atoms with Gasteiger partial charge in [-0.2, -0.15) is 0 Å². The second-order valence-electron chi connectivity index (χ2n) is 9.11. The molecule has 0 saturated carbocycles. The van der Waals surface area contributed by atoms with Crippen LogP contribution in [0, 0.1) is 41.5 Å². The molecular weight excluding hydrogens is 391 g/mol. The van der Waals surface area contributed by atoms with Crippen LogP contribution in [-0.2, 0) is 0 Å². The van der Waals surface area contributed by atoms with Crippen LogP contribution in [-0.4, -0.2) is 17.8 Å². The first-order valence-electron chi connectivity index (χ1n) is 11.1. The quantitative estimate of drug-likeness (QED) is 0.477. The normalized spacial score (nSPS) is 11.1. The Hall–Kier alpha value is -3.33. The summed E-state index contributed by atoms with van der Waals surface area (Å²) in [5.41, 5.74) is 11.7. The zero-order valence-electron chi connectivity index (χ0n) is 19.7. The Kier molecular flexibility index (Phi) is 5.69. The van der Waals surface area contributed by atoms with E-state index in [4.69, 9.17) is 0 Å². The van der Waals surface area contributed by atoms with Gasteiger partial charge in [0.2, 0.25) is 6.71 Å². The molecule has 0 bridgehead atoms. The molecule has 0 spiro atoms. The predicted octanol–water partition coefficient (Wildman–Crippen LogP) is 4.90. The number of fused-ring (bicyclic) bond motifs is 1. The molecule has 0 aromatic heterocycles. The average molecular weight is 420 g/mol. The lowest BCUT2D eigenvalue weighted by atomic mass is 9.33. The summed E-state index contributed by atoms with van der Waals surface area (Å²) >= 11 is 0. The highest BCUT2D eigenvalue weighted by molar-refractivity contribution is 6.98. The number of carboxylic acids is 1. The maximum Gasteiger partial charge on any atom is 0.336 e. The van der Waals surface area contributed by atoms with Crippen molar-refractivity contribution in [1.82, 2.24) is 0 Å². The molecule has 32 heavy (non-hydrogen) atoms. The summed E-state index contributed by atoms with van der Waals surface area (Å²) in [5.74, 6) is -0.894. The summed E-state index contributed by atoms with van der Waals surface area (Å²) in [7, 11) is 0. The van der Waals surface area contributed by atoms with Gasteiger partial charge in [-0.1, -0.05) is 104 Å². The minimum Gasteiger partial charge on any atom is -0.478 e. The van der Waals surface area contributed by atoms with Crippen LogP contribution in [0.3, 0.4) is 0 Å². The van der Waals surface area contributed by atoms with Crippen LogP contribution in [0.5, 0.6) is 0 Å². The first-order chi connectivity index (χ1) is 15.2. The van der Waals surface area contributed by atoms with Crippen molar-refractivity contribution >= 4 is 39.8 Å². The molecule has 160 valence electrons. The maximum atomic E-state index is 11.9. The summed E-state index contributed by atoms with van der Waals surface area (Å²) < 4.78 is 0. The summed E-state index contributed by atoms with van der Waals surface area (Å²) in [6, 6.07) is 20.7. The molecule has 0 saturated heterocycles. The van der Waals surface area contributed by atoms with Gasteiger partial charge in [0.1, 0.15) is 0 Å². The topological polar surface area (TPSA) is 37.3 Å². The van der Waals surface area contributed by atoms with E-state index in [1.165, 1.54) is 44.3 Å². The van der Waals surface area contributed by atoms with Crippen molar-refractivity contribution in [3.05, 3.63) is 99.6 Å². The lowest BCUT2D eigenvalue weighted by Crippen LogP contribution is -2.56. The third-order valence-electron chi connectivity index (χ3n) is 6.55. The molecule has 3 heteroatoms. The van der Waals surface area contributed by atoms with Gasteiger partial charge in [-0.15, -0.1) is 0 Å². The van der Waals surface area contributed by atoms with Crippen molar-refractivity contribution < 1.29 is 9.90 Å². The first kappa shape index (κ1) is 21.9. The molecular formula is C29H29BO2. The molecule has 0 aliphatic heterocycles. The van der Waals surface area contributed by atoms with E-state index >= 15 is 0 Å². The van der Waals surface area contributed by atoms with Crippen molar-refractivity contribution in [3.63, 3.8) is 0 Å². The second-order valence-corrected chi connectivity index (χ2v) is 9.11. The van der Waals surface area contributed by atoms with E-state index in [9.17, 15) is 9.90 Å². The molecule has 0 aliphatic rings. The van der Waals surface area contributed by atoms with Gasteiger partial charge in [0.25, 0.3) is 0 Å². The number of carboxylic acid groups (broad SMARTS) is 1. The zero-order chi connectivity index (χ0) is 23.2. The number of rotatable bonds is 4. The Balaban J connectivity index is 2.15. The molecule has 0 amide bonds. The van der Waals surface area contributed by atoms with Gasteiger partial charge in [0, 0.05) is 0 Å². The highest BCUT2D eigenvalue weighted by atomic mass is 16.4. The molecule has 2 nitrogen and oxygen atoms in total. The smallest absolute Gasteiger partial charge is 0.336 e. The third kappa shape index (κ3) is 3.73. The zero-order valence-corrected chi connectivity index (χ0v) is 19.7. The van der Waals surface area contributed by atoms with Crippen molar-refractivity contribution in [2.24, 2.45) is 0 Å². The average Bonchev–Trinajstić information content (AvgIpc) is 2.70. The summed E-state index contributed by atoms with van der Waals surface area (Å²) in [4.78, 5) is 11.9. The van der Waals surface area contributed by atoms with E-state index in [1.807, 2.05) is 24.3 Å². The van der Waals surface area contributed by atoms with Crippen molar-refractivity contribution in [2.45, 2.75) is 41.5 Å². The number of aryl methyl sites for hydroxylation is 6. The van der Waals surface area contributed by atoms with Crippen LogP contribution in [0.25, 0.3) is 10.8 Å². The molecule has 4 aromatic carbocycles.